The van der Waals surface area contributed by atoms with Gasteiger partial charge in [0.1, 0.15) is 0 Å². The molecule has 2 rings (SSSR count). The first-order valence-electron chi connectivity index (χ1n) is 8.01. The maximum Gasteiger partial charge on any atom is 0.224 e. The molecule has 5 unspecified atom stereocenters. The van der Waals surface area contributed by atoms with Crippen LogP contribution in [0.5, 0.6) is 0 Å². The van der Waals surface area contributed by atoms with Crippen molar-refractivity contribution in [1.29, 1.82) is 0 Å². The molecule has 3 nitrogen and oxygen atoms in total. The summed E-state index contributed by atoms with van der Waals surface area (Å²) in [6.45, 7) is 6.95. The largest absolute Gasteiger partial charge is 0.353 e. The minimum absolute atomic E-state index is 0.0129. The molecule has 19 heavy (non-hydrogen) atoms. The molecule has 0 heterocycles. The minimum atomic E-state index is -0.0129. The van der Waals surface area contributed by atoms with E-state index in [1.54, 1.807) is 0 Å². The molecular weight excluding hydrogens is 236 g/mol. The monoisotopic (exact) mass is 266 g/mol. The van der Waals surface area contributed by atoms with Crippen molar-refractivity contribution < 1.29 is 4.79 Å². The van der Waals surface area contributed by atoms with E-state index in [1.165, 1.54) is 25.7 Å². The topological polar surface area (TPSA) is 55.1 Å². The molecule has 5 atom stereocenters. The van der Waals surface area contributed by atoms with E-state index in [0.29, 0.717) is 24.4 Å². The van der Waals surface area contributed by atoms with Crippen LogP contribution in [0.3, 0.4) is 0 Å². The summed E-state index contributed by atoms with van der Waals surface area (Å²) in [6.07, 6.45) is 6.41. The van der Waals surface area contributed by atoms with E-state index in [1.807, 2.05) is 0 Å². The smallest absolute Gasteiger partial charge is 0.224 e. The quantitative estimate of drug-likeness (QED) is 0.776. The number of carbonyl (C=O) groups excluding carboxylic acids is 1. The summed E-state index contributed by atoms with van der Waals surface area (Å²) in [5.74, 6) is 3.20. The number of nitrogens with two attached hydrogens (primary N) is 1. The standard InChI is InChI=1S/C16H30N2O/c1-10(2)6-14(9-17)16(19)18-11(3)15-8-12-4-5-13(15)7-12/h10-15H,4-9,17H2,1-3H3,(H,18,19). The lowest BCUT2D eigenvalue weighted by Crippen LogP contribution is -2.44. The molecule has 0 aliphatic heterocycles. The van der Waals surface area contributed by atoms with Crippen LogP contribution >= 0.6 is 0 Å². The number of hydrogen-bond acceptors (Lipinski definition) is 2. The zero-order valence-corrected chi connectivity index (χ0v) is 12.7. The van der Waals surface area contributed by atoms with Crippen LogP contribution in [0.2, 0.25) is 0 Å². The second-order valence-corrected chi connectivity index (χ2v) is 7.20. The summed E-state index contributed by atoms with van der Waals surface area (Å²) >= 11 is 0. The minimum Gasteiger partial charge on any atom is -0.353 e. The fraction of sp³-hybridized carbons (Fsp3) is 0.938. The highest BCUT2D eigenvalue weighted by Gasteiger charge is 2.42. The highest BCUT2D eigenvalue weighted by Crippen LogP contribution is 2.49. The van der Waals surface area contributed by atoms with Gasteiger partial charge in [0.15, 0.2) is 0 Å². The highest BCUT2D eigenvalue weighted by atomic mass is 16.1. The van der Waals surface area contributed by atoms with Crippen LogP contribution < -0.4 is 11.1 Å². The van der Waals surface area contributed by atoms with Crippen LogP contribution in [0.4, 0.5) is 0 Å². The summed E-state index contributed by atoms with van der Waals surface area (Å²) in [5.41, 5.74) is 5.75. The number of hydrogen-bond donors (Lipinski definition) is 2. The van der Waals surface area contributed by atoms with Crippen molar-refractivity contribution in [3.05, 3.63) is 0 Å². The SMILES string of the molecule is CC(C)CC(CN)C(=O)NC(C)C1CC2CCC1C2. The summed E-state index contributed by atoms with van der Waals surface area (Å²) in [4.78, 5) is 12.3. The van der Waals surface area contributed by atoms with Crippen molar-refractivity contribution in [2.45, 2.75) is 58.9 Å². The molecule has 1 amide bonds. The van der Waals surface area contributed by atoms with Gasteiger partial charge in [0, 0.05) is 12.6 Å². The van der Waals surface area contributed by atoms with E-state index >= 15 is 0 Å². The van der Waals surface area contributed by atoms with Crippen molar-refractivity contribution >= 4 is 5.91 Å². The van der Waals surface area contributed by atoms with Gasteiger partial charge in [-0.3, -0.25) is 4.79 Å². The lowest BCUT2D eigenvalue weighted by molar-refractivity contribution is -0.126. The molecular formula is C16H30N2O. The van der Waals surface area contributed by atoms with Gasteiger partial charge in [-0.25, -0.2) is 0 Å². The normalized spacial score (nSPS) is 32.6. The first-order chi connectivity index (χ1) is 9.01. The third-order valence-corrected chi connectivity index (χ3v) is 5.22. The van der Waals surface area contributed by atoms with Gasteiger partial charge in [-0.2, -0.15) is 0 Å². The summed E-state index contributed by atoms with van der Waals surface area (Å²) in [6, 6.07) is 0.323. The van der Waals surface area contributed by atoms with E-state index in [2.05, 4.69) is 26.1 Å². The van der Waals surface area contributed by atoms with Gasteiger partial charge in [-0.1, -0.05) is 20.3 Å². The maximum absolute atomic E-state index is 12.3. The second-order valence-electron chi connectivity index (χ2n) is 7.20. The Kier molecular flexibility index (Phi) is 4.88. The average molecular weight is 266 g/mol. The third kappa shape index (κ3) is 3.50. The van der Waals surface area contributed by atoms with Crippen LogP contribution in [-0.4, -0.2) is 18.5 Å². The first kappa shape index (κ1) is 14.8. The van der Waals surface area contributed by atoms with Gasteiger partial charge in [0.25, 0.3) is 0 Å². The number of rotatable bonds is 6. The highest BCUT2D eigenvalue weighted by molar-refractivity contribution is 5.79. The Hall–Kier alpha value is -0.570. The van der Waals surface area contributed by atoms with Crippen molar-refractivity contribution in [3.63, 3.8) is 0 Å². The summed E-state index contributed by atoms with van der Waals surface area (Å²) in [7, 11) is 0. The van der Waals surface area contributed by atoms with Gasteiger partial charge in [0.05, 0.1) is 5.92 Å². The Balaban J connectivity index is 1.84. The summed E-state index contributed by atoms with van der Waals surface area (Å²) in [5, 5.41) is 3.24. The number of carbonyl (C=O) groups is 1. The van der Waals surface area contributed by atoms with Crippen molar-refractivity contribution in [3.8, 4) is 0 Å². The molecule has 3 N–H and O–H groups in total. The Morgan fingerprint density at radius 2 is 2.00 bits per heavy atom. The van der Waals surface area contributed by atoms with E-state index < -0.39 is 0 Å². The number of amides is 1. The second kappa shape index (κ2) is 6.25. The molecule has 2 bridgehead atoms. The fourth-order valence-electron chi connectivity index (χ4n) is 4.23. The Morgan fingerprint density at radius 1 is 1.26 bits per heavy atom. The number of fused-ring (bicyclic) bond motifs is 2. The van der Waals surface area contributed by atoms with E-state index in [9.17, 15) is 4.79 Å². The van der Waals surface area contributed by atoms with Crippen molar-refractivity contribution in [2.75, 3.05) is 6.54 Å². The average Bonchev–Trinajstić information content (AvgIpc) is 2.97. The molecule has 110 valence electrons. The van der Waals surface area contributed by atoms with Crippen molar-refractivity contribution in [1.82, 2.24) is 5.32 Å². The van der Waals surface area contributed by atoms with E-state index in [-0.39, 0.29) is 11.8 Å². The molecule has 0 aromatic carbocycles. The van der Waals surface area contributed by atoms with Crippen molar-refractivity contribution in [2.24, 2.45) is 35.3 Å². The maximum atomic E-state index is 12.3. The molecule has 2 fully saturated rings. The zero-order chi connectivity index (χ0) is 14.0. The predicted molar refractivity (Wildman–Crippen MR) is 78.5 cm³/mol. The Labute approximate surface area is 117 Å². The van der Waals surface area contributed by atoms with Crippen LogP contribution in [0, 0.1) is 29.6 Å². The molecule has 2 saturated carbocycles. The van der Waals surface area contributed by atoms with Crippen LogP contribution in [0.25, 0.3) is 0 Å². The lowest BCUT2D eigenvalue weighted by Gasteiger charge is -2.30. The van der Waals surface area contributed by atoms with Crippen LogP contribution in [0.1, 0.15) is 52.9 Å². The third-order valence-electron chi connectivity index (χ3n) is 5.22. The molecule has 3 heteroatoms. The molecule has 2 aliphatic carbocycles. The Bertz CT molecular complexity index is 316. The van der Waals surface area contributed by atoms with E-state index in [4.69, 9.17) is 5.73 Å². The van der Waals surface area contributed by atoms with E-state index in [0.717, 1.165) is 18.3 Å². The molecule has 0 saturated heterocycles. The fourth-order valence-corrected chi connectivity index (χ4v) is 4.23. The molecule has 0 aromatic rings. The first-order valence-corrected chi connectivity index (χ1v) is 8.01. The van der Waals surface area contributed by atoms with Gasteiger partial charge < -0.3 is 11.1 Å². The zero-order valence-electron chi connectivity index (χ0n) is 12.7. The lowest BCUT2D eigenvalue weighted by atomic mass is 9.83. The molecule has 2 aliphatic rings. The molecule has 0 aromatic heterocycles. The molecule has 0 spiro atoms. The van der Waals surface area contributed by atoms with Gasteiger partial charge >= 0.3 is 0 Å². The van der Waals surface area contributed by atoms with Crippen LogP contribution in [-0.2, 0) is 4.79 Å². The number of nitrogens with one attached hydrogen (secondary N) is 1. The van der Waals surface area contributed by atoms with Gasteiger partial charge in [0.2, 0.25) is 5.91 Å². The summed E-state index contributed by atoms with van der Waals surface area (Å²) < 4.78 is 0. The van der Waals surface area contributed by atoms with Gasteiger partial charge in [-0.05, 0) is 56.3 Å². The molecule has 0 radical (unpaired) electrons. The van der Waals surface area contributed by atoms with Crippen LogP contribution in [0.15, 0.2) is 0 Å². The van der Waals surface area contributed by atoms with Gasteiger partial charge in [-0.15, -0.1) is 0 Å². The Morgan fingerprint density at radius 3 is 2.47 bits per heavy atom. The predicted octanol–water partition coefficient (Wildman–Crippen LogP) is 2.55.